The minimum Gasteiger partial charge on any atom is -0.497 e. The van der Waals surface area contributed by atoms with Gasteiger partial charge in [0.05, 0.1) is 7.11 Å². The molecule has 0 aromatic heterocycles. The van der Waals surface area contributed by atoms with E-state index in [9.17, 15) is 9.59 Å². The van der Waals surface area contributed by atoms with Crippen molar-refractivity contribution in [1.29, 1.82) is 0 Å². The van der Waals surface area contributed by atoms with Crippen LogP contribution in [0.4, 0.5) is 0 Å². The zero-order valence-electron chi connectivity index (χ0n) is 18.1. The van der Waals surface area contributed by atoms with Gasteiger partial charge in [-0.1, -0.05) is 44.2 Å². The van der Waals surface area contributed by atoms with Crippen molar-refractivity contribution in [3.63, 3.8) is 0 Å². The molecule has 162 valence electrons. The number of ether oxygens (including phenoxy) is 1. The lowest BCUT2D eigenvalue weighted by atomic mass is 9.89. The van der Waals surface area contributed by atoms with Gasteiger partial charge >= 0.3 is 0 Å². The van der Waals surface area contributed by atoms with E-state index in [1.165, 1.54) is 0 Å². The Labute approximate surface area is 185 Å². The number of carbonyl (C=O) groups is 2. The van der Waals surface area contributed by atoms with E-state index in [0.29, 0.717) is 18.8 Å². The third-order valence-electron chi connectivity index (χ3n) is 5.06. The SMILES string of the molecule is CNC(=O)[C@H](Cc1ccc(OC)cc1)NC(=O)[C@H](Cc1ccccc1S)CC(C)C. The number of methoxy groups -OCH3 is 1. The Morgan fingerprint density at radius 1 is 1.00 bits per heavy atom. The Kier molecular flexibility index (Phi) is 9.24. The van der Waals surface area contributed by atoms with Gasteiger partial charge in [0.2, 0.25) is 11.8 Å². The zero-order valence-corrected chi connectivity index (χ0v) is 19.0. The van der Waals surface area contributed by atoms with E-state index in [1.807, 2.05) is 48.5 Å². The number of amides is 2. The Morgan fingerprint density at radius 3 is 2.23 bits per heavy atom. The summed E-state index contributed by atoms with van der Waals surface area (Å²) in [7, 11) is 3.19. The van der Waals surface area contributed by atoms with Crippen LogP contribution >= 0.6 is 12.6 Å². The highest BCUT2D eigenvalue weighted by Crippen LogP contribution is 2.22. The van der Waals surface area contributed by atoms with Gasteiger partial charge in [-0.25, -0.2) is 0 Å². The highest BCUT2D eigenvalue weighted by atomic mass is 32.1. The number of thiol groups is 1. The van der Waals surface area contributed by atoms with Crippen LogP contribution in [-0.2, 0) is 22.4 Å². The molecule has 2 aromatic rings. The Morgan fingerprint density at radius 2 is 1.67 bits per heavy atom. The van der Waals surface area contributed by atoms with Crippen LogP contribution in [0.1, 0.15) is 31.4 Å². The summed E-state index contributed by atoms with van der Waals surface area (Å²) in [6.45, 7) is 4.20. The summed E-state index contributed by atoms with van der Waals surface area (Å²) in [4.78, 5) is 26.5. The molecule has 30 heavy (non-hydrogen) atoms. The van der Waals surface area contributed by atoms with Crippen molar-refractivity contribution in [2.24, 2.45) is 11.8 Å². The fourth-order valence-corrected chi connectivity index (χ4v) is 3.72. The first-order chi connectivity index (χ1) is 14.3. The summed E-state index contributed by atoms with van der Waals surface area (Å²) >= 11 is 4.53. The van der Waals surface area contributed by atoms with Gasteiger partial charge in [0, 0.05) is 24.3 Å². The topological polar surface area (TPSA) is 67.4 Å². The third-order valence-corrected chi connectivity index (χ3v) is 5.50. The molecule has 5 nitrogen and oxygen atoms in total. The van der Waals surface area contributed by atoms with E-state index < -0.39 is 6.04 Å². The Balaban J connectivity index is 2.16. The van der Waals surface area contributed by atoms with Crippen molar-refractivity contribution in [3.8, 4) is 5.75 Å². The van der Waals surface area contributed by atoms with Crippen LogP contribution < -0.4 is 15.4 Å². The number of rotatable bonds is 10. The van der Waals surface area contributed by atoms with E-state index in [1.54, 1.807) is 14.2 Å². The molecule has 0 heterocycles. The summed E-state index contributed by atoms with van der Waals surface area (Å²) in [6, 6.07) is 14.7. The molecule has 6 heteroatoms. The summed E-state index contributed by atoms with van der Waals surface area (Å²) in [6.07, 6.45) is 1.73. The minimum absolute atomic E-state index is 0.109. The minimum atomic E-state index is -0.642. The molecule has 0 saturated heterocycles. The maximum Gasteiger partial charge on any atom is 0.242 e. The first-order valence-corrected chi connectivity index (χ1v) is 10.7. The number of carbonyl (C=O) groups excluding carboxylic acids is 2. The number of hydrogen-bond acceptors (Lipinski definition) is 4. The monoisotopic (exact) mass is 428 g/mol. The van der Waals surface area contributed by atoms with Crippen LogP contribution in [-0.4, -0.2) is 32.0 Å². The van der Waals surface area contributed by atoms with E-state index >= 15 is 0 Å². The Hall–Kier alpha value is -2.47. The van der Waals surface area contributed by atoms with Crippen LogP contribution in [0.3, 0.4) is 0 Å². The molecular formula is C24H32N2O3S. The average molecular weight is 429 g/mol. The fourth-order valence-electron chi connectivity index (χ4n) is 3.47. The molecule has 0 saturated carbocycles. The van der Waals surface area contributed by atoms with Gasteiger partial charge in [0.15, 0.2) is 0 Å². The highest BCUT2D eigenvalue weighted by molar-refractivity contribution is 7.80. The molecule has 0 radical (unpaired) electrons. The normalized spacial score (nSPS) is 12.9. The second kappa shape index (κ2) is 11.6. The molecule has 0 aliphatic rings. The molecule has 0 fully saturated rings. The van der Waals surface area contributed by atoms with Gasteiger partial charge in [-0.2, -0.15) is 0 Å². The largest absolute Gasteiger partial charge is 0.497 e. The Bertz CT molecular complexity index is 837. The second-order valence-corrected chi connectivity index (χ2v) is 8.37. The van der Waals surface area contributed by atoms with Gasteiger partial charge in [-0.3, -0.25) is 9.59 Å². The summed E-state index contributed by atoms with van der Waals surface area (Å²) < 4.78 is 5.19. The number of benzene rings is 2. The zero-order chi connectivity index (χ0) is 22.1. The highest BCUT2D eigenvalue weighted by Gasteiger charge is 2.26. The lowest BCUT2D eigenvalue weighted by Gasteiger charge is -2.23. The van der Waals surface area contributed by atoms with Crippen LogP contribution in [0.15, 0.2) is 53.4 Å². The lowest BCUT2D eigenvalue weighted by Crippen LogP contribution is -2.49. The van der Waals surface area contributed by atoms with E-state index in [4.69, 9.17) is 4.74 Å². The van der Waals surface area contributed by atoms with Gasteiger partial charge in [0.1, 0.15) is 11.8 Å². The van der Waals surface area contributed by atoms with Gasteiger partial charge in [-0.05, 0) is 48.1 Å². The molecule has 0 bridgehead atoms. The van der Waals surface area contributed by atoms with Crippen LogP contribution in [0.2, 0.25) is 0 Å². The quantitative estimate of drug-likeness (QED) is 0.506. The molecule has 0 aliphatic heterocycles. The molecule has 0 aliphatic carbocycles. The smallest absolute Gasteiger partial charge is 0.242 e. The molecule has 2 amide bonds. The number of nitrogens with one attached hydrogen (secondary N) is 2. The summed E-state index contributed by atoms with van der Waals surface area (Å²) in [5, 5.41) is 5.64. The predicted octanol–water partition coefficient (Wildman–Crippen LogP) is 3.66. The van der Waals surface area contributed by atoms with Crippen LogP contribution in [0, 0.1) is 11.8 Å². The van der Waals surface area contributed by atoms with Gasteiger partial charge < -0.3 is 15.4 Å². The van der Waals surface area contributed by atoms with Crippen molar-refractivity contribution in [3.05, 3.63) is 59.7 Å². The predicted molar refractivity (Wildman–Crippen MR) is 123 cm³/mol. The van der Waals surface area contributed by atoms with Crippen molar-refractivity contribution < 1.29 is 14.3 Å². The number of likely N-dealkylation sites (N-methyl/N-ethyl adjacent to an activating group) is 1. The third kappa shape index (κ3) is 7.10. The van der Waals surface area contributed by atoms with E-state index in [0.717, 1.165) is 28.2 Å². The summed E-state index contributed by atoms with van der Waals surface area (Å²) in [5.41, 5.74) is 1.99. The summed E-state index contributed by atoms with van der Waals surface area (Å²) in [5.74, 6) is 0.551. The number of hydrogen-bond donors (Lipinski definition) is 3. The van der Waals surface area contributed by atoms with Gasteiger partial charge in [0.25, 0.3) is 0 Å². The van der Waals surface area contributed by atoms with Crippen molar-refractivity contribution >= 4 is 24.4 Å². The lowest BCUT2D eigenvalue weighted by molar-refractivity contribution is -0.131. The standard InChI is InChI=1S/C24H32N2O3S/c1-16(2)13-19(15-18-7-5-6-8-22(18)30)23(27)26-21(24(28)25-3)14-17-9-11-20(29-4)12-10-17/h5-12,16,19,21,30H,13-15H2,1-4H3,(H,25,28)(H,26,27)/t19-,21-/m0/s1. The fraction of sp³-hybridized carbons (Fsp3) is 0.417. The van der Waals surface area contributed by atoms with Crippen molar-refractivity contribution in [2.75, 3.05) is 14.2 Å². The van der Waals surface area contributed by atoms with Gasteiger partial charge in [-0.15, -0.1) is 12.6 Å². The van der Waals surface area contributed by atoms with Crippen molar-refractivity contribution in [1.82, 2.24) is 10.6 Å². The molecule has 2 rings (SSSR count). The first kappa shape index (κ1) is 23.8. The molecule has 2 N–H and O–H groups in total. The average Bonchev–Trinajstić information content (AvgIpc) is 2.73. The molecular weight excluding hydrogens is 396 g/mol. The van der Waals surface area contributed by atoms with Crippen LogP contribution in [0.25, 0.3) is 0 Å². The molecule has 0 spiro atoms. The van der Waals surface area contributed by atoms with Crippen molar-refractivity contribution in [2.45, 2.75) is 44.0 Å². The van der Waals surface area contributed by atoms with Crippen LogP contribution in [0.5, 0.6) is 5.75 Å². The first-order valence-electron chi connectivity index (χ1n) is 10.3. The molecule has 2 aromatic carbocycles. The molecule has 0 unspecified atom stereocenters. The van der Waals surface area contributed by atoms with E-state index in [2.05, 4.69) is 37.1 Å². The second-order valence-electron chi connectivity index (χ2n) is 7.89. The molecule has 2 atom stereocenters. The maximum absolute atomic E-state index is 13.2. The maximum atomic E-state index is 13.2. The van der Waals surface area contributed by atoms with E-state index in [-0.39, 0.29) is 17.7 Å².